The first kappa shape index (κ1) is 18.3. The lowest BCUT2D eigenvalue weighted by Crippen LogP contribution is -2.37. The molecule has 6 nitrogen and oxygen atoms in total. The van der Waals surface area contributed by atoms with Crippen LogP contribution in [-0.4, -0.2) is 63.7 Å². The second-order valence-electron chi connectivity index (χ2n) is 5.19. The highest BCUT2D eigenvalue weighted by atomic mass is 32.1. The van der Waals surface area contributed by atoms with E-state index in [9.17, 15) is 5.11 Å². The molecule has 0 aliphatic heterocycles. The Bertz CT molecular complexity index is 347. The van der Waals surface area contributed by atoms with Gasteiger partial charge in [0.2, 0.25) is 5.88 Å². The van der Waals surface area contributed by atoms with Crippen LogP contribution in [0.3, 0.4) is 0 Å². The Morgan fingerprint density at radius 1 is 1.43 bits per heavy atom. The van der Waals surface area contributed by atoms with Crippen LogP contribution in [0.4, 0.5) is 0 Å². The van der Waals surface area contributed by atoms with Crippen LogP contribution in [0.25, 0.3) is 0 Å². The molecular formula is C14H28N4O2S. The molecule has 2 unspecified atom stereocenters. The molecular weight excluding hydrogens is 288 g/mol. The maximum Gasteiger partial charge on any atom is 0.245 e. The SMILES string of the molecule is CCN(CC)CCCC(C)NCC(O)COc1cnsn1. The second-order valence-corrected chi connectivity index (χ2v) is 5.75. The van der Waals surface area contributed by atoms with Gasteiger partial charge in [-0.1, -0.05) is 13.8 Å². The van der Waals surface area contributed by atoms with Gasteiger partial charge in [-0.3, -0.25) is 0 Å². The molecule has 122 valence electrons. The van der Waals surface area contributed by atoms with E-state index >= 15 is 0 Å². The number of ether oxygens (including phenoxy) is 1. The quantitative estimate of drug-likeness (QED) is 0.607. The summed E-state index contributed by atoms with van der Waals surface area (Å²) in [4.78, 5) is 2.43. The maximum absolute atomic E-state index is 9.85. The number of nitrogens with one attached hydrogen (secondary N) is 1. The summed E-state index contributed by atoms with van der Waals surface area (Å²) in [5.74, 6) is 0.478. The Hall–Kier alpha value is -0.760. The molecule has 0 spiro atoms. The van der Waals surface area contributed by atoms with Gasteiger partial charge >= 0.3 is 0 Å². The van der Waals surface area contributed by atoms with E-state index in [0.29, 0.717) is 18.5 Å². The smallest absolute Gasteiger partial charge is 0.245 e. The van der Waals surface area contributed by atoms with Gasteiger partial charge in [0.1, 0.15) is 18.9 Å². The molecule has 1 rings (SSSR count). The molecule has 0 aromatic carbocycles. The zero-order chi connectivity index (χ0) is 15.5. The minimum atomic E-state index is -0.531. The van der Waals surface area contributed by atoms with E-state index in [2.05, 4.69) is 39.7 Å². The summed E-state index contributed by atoms with van der Waals surface area (Å²) >= 11 is 1.10. The molecule has 1 heterocycles. The van der Waals surface area contributed by atoms with Gasteiger partial charge in [-0.25, -0.2) is 0 Å². The molecule has 7 heteroatoms. The van der Waals surface area contributed by atoms with E-state index in [1.807, 2.05) is 0 Å². The Morgan fingerprint density at radius 3 is 2.81 bits per heavy atom. The van der Waals surface area contributed by atoms with Crippen molar-refractivity contribution in [2.24, 2.45) is 0 Å². The first-order valence-corrected chi connectivity index (χ1v) is 8.42. The minimum absolute atomic E-state index is 0.241. The fourth-order valence-corrected chi connectivity index (χ4v) is 2.43. The lowest BCUT2D eigenvalue weighted by molar-refractivity contribution is 0.101. The Morgan fingerprint density at radius 2 is 2.19 bits per heavy atom. The highest BCUT2D eigenvalue weighted by molar-refractivity contribution is 6.99. The van der Waals surface area contributed by atoms with Gasteiger partial charge in [0, 0.05) is 12.6 Å². The monoisotopic (exact) mass is 316 g/mol. The second kappa shape index (κ2) is 10.9. The minimum Gasteiger partial charge on any atom is -0.473 e. The van der Waals surface area contributed by atoms with Gasteiger partial charge in [-0.05, 0) is 39.4 Å². The fraction of sp³-hybridized carbons (Fsp3) is 0.857. The number of hydrogen-bond donors (Lipinski definition) is 2. The van der Waals surface area contributed by atoms with E-state index in [4.69, 9.17) is 4.74 Å². The number of nitrogens with zero attached hydrogens (tertiary/aromatic N) is 3. The molecule has 21 heavy (non-hydrogen) atoms. The molecule has 0 saturated heterocycles. The van der Waals surface area contributed by atoms with Crippen molar-refractivity contribution in [2.75, 3.05) is 32.8 Å². The average molecular weight is 316 g/mol. The summed E-state index contributed by atoms with van der Waals surface area (Å²) in [5, 5.41) is 13.2. The van der Waals surface area contributed by atoms with Crippen molar-refractivity contribution in [1.82, 2.24) is 19.0 Å². The molecule has 0 amide bonds. The Kier molecular flexibility index (Phi) is 9.49. The third-order valence-corrected chi connectivity index (χ3v) is 3.93. The molecule has 0 aliphatic carbocycles. The maximum atomic E-state index is 9.85. The fourth-order valence-electron chi connectivity index (χ4n) is 2.06. The molecule has 0 fully saturated rings. The van der Waals surface area contributed by atoms with E-state index in [1.54, 1.807) is 6.20 Å². The molecule has 0 saturated carbocycles. The van der Waals surface area contributed by atoms with Crippen LogP contribution in [0.5, 0.6) is 5.88 Å². The van der Waals surface area contributed by atoms with E-state index in [0.717, 1.165) is 37.8 Å². The number of aromatic nitrogens is 2. The summed E-state index contributed by atoms with van der Waals surface area (Å²) in [6.07, 6.45) is 3.31. The van der Waals surface area contributed by atoms with Gasteiger partial charge in [-0.15, -0.1) is 4.37 Å². The van der Waals surface area contributed by atoms with Gasteiger partial charge in [0.25, 0.3) is 0 Å². The number of aliphatic hydroxyl groups excluding tert-OH is 1. The van der Waals surface area contributed by atoms with Crippen molar-refractivity contribution < 1.29 is 9.84 Å². The van der Waals surface area contributed by atoms with Gasteiger partial charge in [0.05, 0.1) is 11.7 Å². The van der Waals surface area contributed by atoms with Crippen LogP contribution >= 0.6 is 11.7 Å². The van der Waals surface area contributed by atoms with Crippen LogP contribution < -0.4 is 10.1 Å². The van der Waals surface area contributed by atoms with E-state index in [1.165, 1.54) is 6.42 Å². The average Bonchev–Trinajstić information content (AvgIpc) is 3.01. The zero-order valence-electron chi connectivity index (χ0n) is 13.3. The lowest BCUT2D eigenvalue weighted by Gasteiger charge is -2.20. The standard InChI is InChI=1S/C14H28N4O2S/c1-4-18(5-2)8-6-7-12(3)15-9-13(19)11-20-14-10-16-21-17-14/h10,12-13,15,19H,4-9,11H2,1-3H3. The van der Waals surface area contributed by atoms with Gasteiger partial charge < -0.3 is 20.1 Å². The first-order valence-electron chi connectivity index (χ1n) is 7.69. The largest absolute Gasteiger partial charge is 0.473 e. The van der Waals surface area contributed by atoms with Crippen LogP contribution in [-0.2, 0) is 0 Å². The number of rotatable bonds is 12. The highest BCUT2D eigenvalue weighted by Crippen LogP contribution is 2.05. The topological polar surface area (TPSA) is 70.5 Å². The molecule has 0 radical (unpaired) electrons. The first-order chi connectivity index (χ1) is 10.2. The zero-order valence-corrected chi connectivity index (χ0v) is 14.1. The third kappa shape index (κ3) is 8.31. The molecule has 1 aromatic heterocycles. The predicted octanol–water partition coefficient (Wildman–Crippen LogP) is 1.38. The van der Waals surface area contributed by atoms with Crippen molar-refractivity contribution in [1.29, 1.82) is 0 Å². The van der Waals surface area contributed by atoms with Gasteiger partial charge in [-0.2, -0.15) is 4.37 Å². The van der Waals surface area contributed by atoms with E-state index in [-0.39, 0.29) is 6.61 Å². The summed E-state index contributed by atoms with van der Waals surface area (Å²) in [6.45, 7) is 10.7. The van der Waals surface area contributed by atoms with Crippen LogP contribution in [0.1, 0.15) is 33.6 Å². The Balaban J connectivity index is 2.04. The van der Waals surface area contributed by atoms with Crippen LogP contribution in [0.15, 0.2) is 6.20 Å². The summed E-state index contributed by atoms with van der Waals surface area (Å²) in [6, 6.07) is 0.399. The normalized spacial score (nSPS) is 14.3. The molecule has 2 N–H and O–H groups in total. The molecule has 0 bridgehead atoms. The van der Waals surface area contributed by atoms with Crippen molar-refractivity contribution in [3.8, 4) is 5.88 Å². The summed E-state index contributed by atoms with van der Waals surface area (Å²) < 4.78 is 13.1. The molecule has 1 aromatic rings. The number of hydrogen-bond acceptors (Lipinski definition) is 7. The predicted molar refractivity (Wildman–Crippen MR) is 85.9 cm³/mol. The van der Waals surface area contributed by atoms with Crippen molar-refractivity contribution in [3.05, 3.63) is 6.20 Å². The van der Waals surface area contributed by atoms with Crippen LogP contribution in [0, 0.1) is 0 Å². The van der Waals surface area contributed by atoms with Crippen molar-refractivity contribution in [3.63, 3.8) is 0 Å². The summed E-state index contributed by atoms with van der Waals surface area (Å²) in [5.41, 5.74) is 0. The van der Waals surface area contributed by atoms with Crippen molar-refractivity contribution >= 4 is 11.7 Å². The van der Waals surface area contributed by atoms with Crippen molar-refractivity contribution in [2.45, 2.75) is 45.8 Å². The van der Waals surface area contributed by atoms with Crippen LogP contribution in [0.2, 0.25) is 0 Å². The molecule has 0 aliphatic rings. The van der Waals surface area contributed by atoms with E-state index < -0.39 is 6.10 Å². The lowest BCUT2D eigenvalue weighted by atomic mass is 10.1. The third-order valence-electron chi connectivity index (χ3n) is 3.47. The molecule has 2 atom stereocenters. The summed E-state index contributed by atoms with van der Waals surface area (Å²) in [7, 11) is 0. The Labute approximate surface area is 131 Å². The number of aliphatic hydroxyl groups is 1. The van der Waals surface area contributed by atoms with Gasteiger partial charge in [0.15, 0.2) is 0 Å². The highest BCUT2D eigenvalue weighted by Gasteiger charge is 2.09.